The quantitative estimate of drug-likeness (QED) is 0.862. The van der Waals surface area contributed by atoms with Crippen molar-refractivity contribution in [3.8, 4) is 5.75 Å². The number of nitrogens with zero attached hydrogens (tertiary/aromatic N) is 2. The molecule has 3 rings (SSSR count). The Kier molecular flexibility index (Phi) is 2.90. The van der Waals surface area contributed by atoms with Gasteiger partial charge in [0.2, 0.25) is 0 Å². The van der Waals surface area contributed by atoms with Crippen LogP contribution in [-0.4, -0.2) is 30.2 Å². The van der Waals surface area contributed by atoms with Crippen molar-refractivity contribution in [3.63, 3.8) is 0 Å². The second-order valence-corrected chi connectivity index (χ2v) is 5.54. The Bertz CT molecular complexity index is 425. The standard InChI is InChI=1S/C14H21N3O/c1-2-8-18-12-4-3-7-16-13(12)17-9-14(15,10-17)11-5-6-11/h3-4,7,11H,2,5-6,8-10,15H2,1H3. The molecule has 1 saturated carbocycles. The molecule has 2 heterocycles. The first-order valence-electron chi connectivity index (χ1n) is 6.84. The summed E-state index contributed by atoms with van der Waals surface area (Å²) in [4.78, 5) is 6.68. The van der Waals surface area contributed by atoms with Crippen molar-refractivity contribution in [3.05, 3.63) is 18.3 Å². The second-order valence-electron chi connectivity index (χ2n) is 5.54. The van der Waals surface area contributed by atoms with Gasteiger partial charge in [-0.2, -0.15) is 0 Å². The summed E-state index contributed by atoms with van der Waals surface area (Å²) in [5.74, 6) is 2.57. The Hall–Kier alpha value is -1.29. The maximum Gasteiger partial charge on any atom is 0.171 e. The predicted molar refractivity (Wildman–Crippen MR) is 71.9 cm³/mol. The lowest BCUT2D eigenvalue weighted by Crippen LogP contribution is -2.69. The van der Waals surface area contributed by atoms with Crippen LogP contribution in [0.3, 0.4) is 0 Å². The summed E-state index contributed by atoms with van der Waals surface area (Å²) >= 11 is 0. The van der Waals surface area contributed by atoms with Gasteiger partial charge in [-0.25, -0.2) is 4.98 Å². The Morgan fingerprint density at radius 3 is 2.94 bits per heavy atom. The van der Waals surface area contributed by atoms with E-state index in [1.807, 2.05) is 18.3 Å². The highest BCUT2D eigenvalue weighted by Crippen LogP contribution is 2.45. The van der Waals surface area contributed by atoms with Crippen molar-refractivity contribution in [2.45, 2.75) is 31.7 Å². The number of ether oxygens (including phenoxy) is 1. The van der Waals surface area contributed by atoms with E-state index in [-0.39, 0.29) is 5.54 Å². The molecule has 0 spiro atoms. The topological polar surface area (TPSA) is 51.4 Å². The van der Waals surface area contributed by atoms with E-state index in [9.17, 15) is 0 Å². The maximum atomic E-state index is 6.38. The lowest BCUT2D eigenvalue weighted by molar-refractivity contribution is 0.278. The van der Waals surface area contributed by atoms with Crippen LogP contribution < -0.4 is 15.4 Å². The van der Waals surface area contributed by atoms with Crippen LogP contribution in [0.15, 0.2) is 18.3 Å². The molecule has 4 heteroatoms. The summed E-state index contributed by atoms with van der Waals surface area (Å²) in [6.45, 7) is 4.68. The molecular weight excluding hydrogens is 226 g/mol. The third-order valence-electron chi connectivity index (χ3n) is 3.87. The van der Waals surface area contributed by atoms with Crippen molar-refractivity contribution < 1.29 is 4.74 Å². The monoisotopic (exact) mass is 247 g/mol. The summed E-state index contributed by atoms with van der Waals surface area (Å²) < 4.78 is 5.74. The molecule has 0 amide bonds. The summed E-state index contributed by atoms with van der Waals surface area (Å²) in [7, 11) is 0. The molecule has 98 valence electrons. The van der Waals surface area contributed by atoms with Crippen molar-refractivity contribution in [1.29, 1.82) is 0 Å². The minimum Gasteiger partial charge on any atom is -0.490 e. The van der Waals surface area contributed by atoms with E-state index in [1.54, 1.807) is 0 Å². The number of rotatable bonds is 5. The van der Waals surface area contributed by atoms with E-state index in [0.29, 0.717) is 0 Å². The van der Waals surface area contributed by atoms with Crippen LogP contribution in [0.25, 0.3) is 0 Å². The zero-order chi connectivity index (χ0) is 12.6. The fraction of sp³-hybridized carbons (Fsp3) is 0.643. The SMILES string of the molecule is CCCOc1cccnc1N1CC(N)(C2CC2)C1. The van der Waals surface area contributed by atoms with E-state index in [2.05, 4.69) is 16.8 Å². The van der Waals surface area contributed by atoms with E-state index >= 15 is 0 Å². The van der Waals surface area contributed by atoms with Gasteiger partial charge in [-0.1, -0.05) is 6.92 Å². The Morgan fingerprint density at radius 1 is 1.50 bits per heavy atom. The first-order valence-corrected chi connectivity index (χ1v) is 6.84. The van der Waals surface area contributed by atoms with Crippen molar-refractivity contribution in [2.75, 3.05) is 24.6 Å². The molecule has 2 fully saturated rings. The Morgan fingerprint density at radius 2 is 2.28 bits per heavy atom. The minimum absolute atomic E-state index is 0.0273. The number of pyridine rings is 1. The van der Waals surface area contributed by atoms with Gasteiger partial charge >= 0.3 is 0 Å². The molecule has 0 unspecified atom stereocenters. The van der Waals surface area contributed by atoms with Crippen LogP contribution in [0.1, 0.15) is 26.2 Å². The van der Waals surface area contributed by atoms with E-state index in [4.69, 9.17) is 10.5 Å². The first kappa shape index (κ1) is 11.8. The van der Waals surface area contributed by atoms with Gasteiger partial charge in [0, 0.05) is 19.3 Å². The van der Waals surface area contributed by atoms with Gasteiger partial charge in [-0.15, -0.1) is 0 Å². The molecule has 1 aliphatic heterocycles. The Labute approximate surface area is 108 Å². The zero-order valence-electron chi connectivity index (χ0n) is 10.9. The summed E-state index contributed by atoms with van der Waals surface area (Å²) in [6.07, 6.45) is 5.43. The molecule has 0 bridgehead atoms. The van der Waals surface area contributed by atoms with E-state index < -0.39 is 0 Å². The minimum atomic E-state index is 0.0273. The molecule has 0 atom stereocenters. The first-order chi connectivity index (χ1) is 8.73. The van der Waals surface area contributed by atoms with Crippen LogP contribution in [0.2, 0.25) is 0 Å². The summed E-state index contributed by atoms with van der Waals surface area (Å²) in [6, 6.07) is 3.91. The molecule has 18 heavy (non-hydrogen) atoms. The van der Waals surface area contributed by atoms with Gasteiger partial charge in [-0.05, 0) is 37.3 Å². The lowest BCUT2D eigenvalue weighted by atomic mass is 9.86. The third-order valence-corrected chi connectivity index (χ3v) is 3.87. The van der Waals surface area contributed by atoms with Crippen LogP contribution in [0.5, 0.6) is 5.75 Å². The van der Waals surface area contributed by atoms with E-state index in [1.165, 1.54) is 12.8 Å². The molecule has 1 aromatic rings. The van der Waals surface area contributed by atoms with Crippen molar-refractivity contribution in [1.82, 2.24) is 4.98 Å². The van der Waals surface area contributed by atoms with Gasteiger partial charge in [0.05, 0.1) is 12.1 Å². The largest absolute Gasteiger partial charge is 0.490 e. The average Bonchev–Trinajstić information content (AvgIpc) is 3.17. The predicted octanol–water partition coefficient (Wildman–Crippen LogP) is 1.80. The number of anilines is 1. The molecule has 0 radical (unpaired) electrons. The fourth-order valence-electron chi connectivity index (χ4n) is 2.67. The molecule has 2 aliphatic rings. The van der Waals surface area contributed by atoms with Gasteiger partial charge in [0.15, 0.2) is 11.6 Å². The molecule has 1 saturated heterocycles. The Balaban J connectivity index is 1.69. The second kappa shape index (κ2) is 4.43. The van der Waals surface area contributed by atoms with Gasteiger partial charge < -0.3 is 15.4 Å². The smallest absolute Gasteiger partial charge is 0.171 e. The summed E-state index contributed by atoms with van der Waals surface area (Å²) in [5.41, 5.74) is 6.40. The number of hydrogen-bond donors (Lipinski definition) is 1. The van der Waals surface area contributed by atoms with E-state index in [0.717, 1.165) is 43.6 Å². The molecule has 4 nitrogen and oxygen atoms in total. The molecule has 1 aliphatic carbocycles. The summed E-state index contributed by atoms with van der Waals surface area (Å²) in [5, 5.41) is 0. The van der Waals surface area contributed by atoms with Gasteiger partial charge in [0.25, 0.3) is 0 Å². The van der Waals surface area contributed by atoms with Crippen LogP contribution >= 0.6 is 0 Å². The highest BCUT2D eigenvalue weighted by molar-refractivity contribution is 5.55. The number of hydrogen-bond acceptors (Lipinski definition) is 4. The van der Waals surface area contributed by atoms with Gasteiger partial charge in [0.1, 0.15) is 0 Å². The maximum absolute atomic E-state index is 6.38. The molecule has 2 N–H and O–H groups in total. The molecule has 0 aromatic carbocycles. The highest BCUT2D eigenvalue weighted by Gasteiger charge is 2.51. The lowest BCUT2D eigenvalue weighted by Gasteiger charge is -2.49. The third kappa shape index (κ3) is 2.05. The van der Waals surface area contributed by atoms with Gasteiger partial charge in [-0.3, -0.25) is 0 Å². The number of nitrogens with two attached hydrogens (primary N) is 1. The van der Waals surface area contributed by atoms with Crippen LogP contribution in [0, 0.1) is 5.92 Å². The number of aromatic nitrogens is 1. The normalized spacial score (nSPS) is 21.6. The highest BCUT2D eigenvalue weighted by atomic mass is 16.5. The fourth-order valence-corrected chi connectivity index (χ4v) is 2.67. The van der Waals surface area contributed by atoms with Crippen LogP contribution in [0.4, 0.5) is 5.82 Å². The zero-order valence-corrected chi connectivity index (χ0v) is 10.9. The molecular formula is C14H21N3O. The van der Waals surface area contributed by atoms with Crippen molar-refractivity contribution >= 4 is 5.82 Å². The molecule has 1 aromatic heterocycles. The van der Waals surface area contributed by atoms with Crippen molar-refractivity contribution in [2.24, 2.45) is 11.7 Å². The van der Waals surface area contributed by atoms with Crippen LogP contribution in [-0.2, 0) is 0 Å². The average molecular weight is 247 g/mol.